The van der Waals surface area contributed by atoms with Crippen LogP contribution in [-0.2, 0) is 13.0 Å². The summed E-state index contributed by atoms with van der Waals surface area (Å²) in [6.45, 7) is 0.579. The number of nitrogens with zero attached hydrogens (tertiary/aromatic N) is 5. The van der Waals surface area contributed by atoms with E-state index in [9.17, 15) is 4.79 Å². The molecule has 2 aromatic carbocycles. The summed E-state index contributed by atoms with van der Waals surface area (Å²) in [5.74, 6) is -0.0492. The lowest BCUT2D eigenvalue weighted by Crippen LogP contribution is -2.04. The maximum absolute atomic E-state index is 12.9. The Kier molecular flexibility index (Phi) is 4.39. The summed E-state index contributed by atoms with van der Waals surface area (Å²) in [5.41, 5.74) is 5.09. The third-order valence-electron chi connectivity index (χ3n) is 5.35. The number of para-hydroxylation sites is 1. The SMILES string of the molecule is O=C(Cc1cnn(Cc2nc3ccccc3s2)c1)c1n[nH]c2cc(-c3cn[nH]c3)ccc12. The molecule has 0 aliphatic carbocycles. The topological polar surface area (TPSA) is 105 Å². The van der Waals surface area contributed by atoms with Crippen LogP contribution < -0.4 is 0 Å². The Bertz CT molecular complexity index is 1520. The summed E-state index contributed by atoms with van der Waals surface area (Å²) in [6, 6.07) is 13.9. The van der Waals surface area contributed by atoms with Crippen LogP contribution in [0.15, 0.2) is 67.3 Å². The van der Waals surface area contributed by atoms with Gasteiger partial charge in [0.15, 0.2) is 5.78 Å². The van der Waals surface area contributed by atoms with Gasteiger partial charge in [0.1, 0.15) is 10.7 Å². The average Bonchev–Trinajstić information content (AvgIpc) is 3.59. The Balaban J connectivity index is 1.19. The van der Waals surface area contributed by atoms with Gasteiger partial charge >= 0.3 is 0 Å². The Morgan fingerprint density at radius 1 is 1.09 bits per heavy atom. The van der Waals surface area contributed by atoms with E-state index in [1.54, 1.807) is 23.7 Å². The highest BCUT2D eigenvalue weighted by Gasteiger charge is 2.16. The third kappa shape index (κ3) is 3.38. The lowest BCUT2D eigenvalue weighted by Gasteiger charge is -1.99. The van der Waals surface area contributed by atoms with Crippen molar-refractivity contribution in [1.82, 2.24) is 35.2 Å². The van der Waals surface area contributed by atoms with E-state index in [4.69, 9.17) is 0 Å². The average molecular weight is 440 g/mol. The molecular weight excluding hydrogens is 422 g/mol. The molecule has 9 heteroatoms. The number of nitrogens with one attached hydrogen (secondary N) is 2. The number of fused-ring (bicyclic) bond motifs is 2. The van der Waals surface area contributed by atoms with Gasteiger partial charge in [-0.2, -0.15) is 15.3 Å². The van der Waals surface area contributed by atoms with Gasteiger partial charge < -0.3 is 0 Å². The normalized spacial score (nSPS) is 11.5. The van der Waals surface area contributed by atoms with Crippen LogP contribution in [0.2, 0.25) is 0 Å². The molecule has 4 heterocycles. The molecular formula is C23H17N7OS. The number of carbonyl (C=O) groups is 1. The molecule has 0 amide bonds. The Labute approximate surface area is 185 Å². The standard InChI is InChI=1S/C23H17N7OS/c31-20(23-17-6-5-15(8-19(17)28-29-23)16-10-24-25-11-16)7-14-9-26-30(12-14)13-22-27-18-3-1-2-4-21(18)32-22/h1-6,8-12H,7,13H2,(H,24,25)(H,28,29). The van der Waals surface area contributed by atoms with Gasteiger partial charge in [-0.05, 0) is 35.4 Å². The van der Waals surface area contributed by atoms with E-state index in [1.807, 2.05) is 53.5 Å². The predicted octanol–water partition coefficient (Wildman–Crippen LogP) is 4.23. The number of thiazole rings is 1. The van der Waals surface area contributed by atoms with Crippen molar-refractivity contribution in [3.05, 3.63) is 83.5 Å². The van der Waals surface area contributed by atoms with E-state index in [0.717, 1.165) is 42.8 Å². The van der Waals surface area contributed by atoms with Crippen LogP contribution in [0.1, 0.15) is 21.1 Å². The molecule has 0 saturated carbocycles. The first-order chi connectivity index (χ1) is 15.7. The number of ketones is 1. The van der Waals surface area contributed by atoms with Crippen LogP contribution in [0.25, 0.3) is 32.2 Å². The molecule has 0 aliphatic heterocycles. The summed E-state index contributed by atoms with van der Waals surface area (Å²) < 4.78 is 2.98. The van der Waals surface area contributed by atoms with Crippen LogP contribution in [0, 0.1) is 0 Å². The van der Waals surface area contributed by atoms with Gasteiger partial charge in [0, 0.05) is 29.8 Å². The van der Waals surface area contributed by atoms with Crippen molar-refractivity contribution in [1.29, 1.82) is 0 Å². The molecule has 32 heavy (non-hydrogen) atoms. The molecule has 6 rings (SSSR count). The molecule has 4 aromatic heterocycles. The molecule has 0 fully saturated rings. The fourth-order valence-corrected chi connectivity index (χ4v) is 4.76. The molecule has 0 aliphatic rings. The predicted molar refractivity (Wildman–Crippen MR) is 123 cm³/mol. The van der Waals surface area contributed by atoms with Crippen molar-refractivity contribution in [2.24, 2.45) is 0 Å². The first-order valence-electron chi connectivity index (χ1n) is 10.1. The van der Waals surface area contributed by atoms with Crippen molar-refractivity contribution in [2.45, 2.75) is 13.0 Å². The number of benzene rings is 2. The van der Waals surface area contributed by atoms with Crippen LogP contribution >= 0.6 is 11.3 Å². The molecule has 8 nitrogen and oxygen atoms in total. The largest absolute Gasteiger partial charge is 0.292 e. The fraction of sp³-hybridized carbons (Fsp3) is 0.0870. The smallest absolute Gasteiger partial charge is 0.188 e. The van der Waals surface area contributed by atoms with Gasteiger partial charge in [-0.1, -0.05) is 18.2 Å². The van der Waals surface area contributed by atoms with Crippen LogP contribution in [0.4, 0.5) is 0 Å². The first-order valence-corrected chi connectivity index (χ1v) is 10.9. The van der Waals surface area contributed by atoms with Crippen LogP contribution in [0.3, 0.4) is 0 Å². The van der Waals surface area contributed by atoms with Crippen molar-refractivity contribution in [2.75, 3.05) is 0 Å². The molecule has 0 radical (unpaired) electrons. The summed E-state index contributed by atoms with van der Waals surface area (Å²) in [7, 11) is 0. The molecule has 0 bridgehead atoms. The lowest BCUT2D eigenvalue weighted by molar-refractivity contribution is 0.0989. The van der Waals surface area contributed by atoms with Gasteiger partial charge in [-0.15, -0.1) is 11.3 Å². The molecule has 0 saturated heterocycles. The number of hydrogen-bond donors (Lipinski definition) is 2. The van der Waals surface area contributed by atoms with Crippen molar-refractivity contribution >= 4 is 38.2 Å². The van der Waals surface area contributed by atoms with E-state index < -0.39 is 0 Å². The third-order valence-corrected chi connectivity index (χ3v) is 6.37. The van der Waals surface area contributed by atoms with Crippen molar-refractivity contribution < 1.29 is 4.79 Å². The minimum atomic E-state index is -0.0492. The van der Waals surface area contributed by atoms with Gasteiger partial charge in [-0.3, -0.25) is 19.7 Å². The lowest BCUT2D eigenvalue weighted by atomic mass is 10.0. The first kappa shape index (κ1) is 18.6. The summed E-state index contributed by atoms with van der Waals surface area (Å²) >= 11 is 1.66. The maximum Gasteiger partial charge on any atom is 0.188 e. The molecule has 0 spiro atoms. The Morgan fingerprint density at radius 3 is 2.91 bits per heavy atom. The highest BCUT2D eigenvalue weighted by atomic mass is 32.1. The number of Topliss-reactive ketones (excluding diaryl/α,β-unsaturated/α-hetero) is 1. The monoisotopic (exact) mass is 439 g/mol. The number of H-pyrrole nitrogens is 2. The number of hydrogen-bond acceptors (Lipinski definition) is 6. The summed E-state index contributed by atoms with van der Waals surface area (Å²) in [6.07, 6.45) is 7.46. The number of aromatic amines is 2. The Hall–Kier alpha value is -4.11. The minimum absolute atomic E-state index is 0.0492. The number of carbonyl (C=O) groups excluding carboxylic acids is 1. The maximum atomic E-state index is 12.9. The summed E-state index contributed by atoms with van der Waals surface area (Å²) in [4.78, 5) is 17.6. The van der Waals surface area contributed by atoms with Gasteiger partial charge in [0.05, 0.1) is 34.7 Å². The number of rotatable bonds is 6. The molecule has 6 aromatic rings. The van der Waals surface area contributed by atoms with Crippen LogP contribution in [-0.4, -0.2) is 40.9 Å². The molecule has 0 unspecified atom stereocenters. The van der Waals surface area contributed by atoms with E-state index in [2.05, 4.69) is 36.5 Å². The second kappa shape index (κ2) is 7.54. The molecule has 0 atom stereocenters. The zero-order chi connectivity index (χ0) is 21.5. The van der Waals surface area contributed by atoms with E-state index in [-0.39, 0.29) is 12.2 Å². The Morgan fingerprint density at radius 2 is 2.03 bits per heavy atom. The fourth-order valence-electron chi connectivity index (χ4n) is 3.80. The zero-order valence-electron chi connectivity index (χ0n) is 16.8. The highest BCUT2D eigenvalue weighted by Crippen LogP contribution is 2.25. The molecule has 156 valence electrons. The number of aromatic nitrogens is 7. The van der Waals surface area contributed by atoms with Gasteiger partial charge in [0.25, 0.3) is 0 Å². The van der Waals surface area contributed by atoms with E-state index in [1.165, 1.54) is 0 Å². The zero-order valence-corrected chi connectivity index (χ0v) is 17.6. The van der Waals surface area contributed by atoms with Crippen molar-refractivity contribution in [3.63, 3.8) is 0 Å². The van der Waals surface area contributed by atoms with Crippen molar-refractivity contribution in [3.8, 4) is 11.1 Å². The minimum Gasteiger partial charge on any atom is -0.292 e. The van der Waals surface area contributed by atoms with Gasteiger partial charge in [0.2, 0.25) is 0 Å². The second-order valence-electron chi connectivity index (χ2n) is 7.54. The molecule has 2 N–H and O–H groups in total. The quantitative estimate of drug-likeness (QED) is 0.378. The summed E-state index contributed by atoms with van der Waals surface area (Å²) in [5, 5.41) is 20.3. The van der Waals surface area contributed by atoms with Crippen LogP contribution in [0.5, 0.6) is 0 Å². The second-order valence-corrected chi connectivity index (χ2v) is 8.66. The van der Waals surface area contributed by atoms with E-state index >= 15 is 0 Å². The van der Waals surface area contributed by atoms with Gasteiger partial charge in [-0.25, -0.2) is 4.98 Å². The van der Waals surface area contributed by atoms with E-state index in [0.29, 0.717) is 12.2 Å². The highest BCUT2D eigenvalue weighted by molar-refractivity contribution is 7.18.